The molecular formula is C28H17ClF5N7O. The molecule has 0 fully saturated rings. The smallest absolute Gasteiger partial charge is 0.382 e. The number of hydrogen-bond acceptors (Lipinski definition) is 7. The molecular weight excluding hydrogens is 581 g/mol. The Kier molecular flexibility index (Phi) is 7.49. The molecule has 5 rings (SSSR count). The normalized spacial score (nSPS) is 12.1. The lowest BCUT2D eigenvalue weighted by atomic mass is 10.2. The van der Waals surface area contributed by atoms with E-state index in [1.165, 1.54) is 6.07 Å². The van der Waals surface area contributed by atoms with Crippen LogP contribution in [0.25, 0.3) is 16.6 Å². The second kappa shape index (κ2) is 11.1. The van der Waals surface area contributed by atoms with Crippen LogP contribution in [0.2, 0.25) is 5.02 Å². The van der Waals surface area contributed by atoms with Gasteiger partial charge in [0.2, 0.25) is 0 Å². The number of nitrogens with zero attached hydrogens (tertiary/aromatic N) is 5. The molecule has 42 heavy (non-hydrogen) atoms. The minimum Gasteiger partial charge on any atom is -0.382 e. The first-order valence-corrected chi connectivity index (χ1v) is 12.4. The van der Waals surface area contributed by atoms with Gasteiger partial charge in [0.15, 0.2) is 0 Å². The number of fused-ring (bicyclic) bond motifs is 1. The molecule has 3 aromatic heterocycles. The van der Waals surface area contributed by atoms with Gasteiger partial charge in [-0.05, 0) is 49.2 Å². The van der Waals surface area contributed by atoms with Crippen LogP contribution in [0.4, 0.5) is 33.6 Å². The Morgan fingerprint density at radius 3 is 2.43 bits per heavy atom. The maximum absolute atomic E-state index is 14.2. The van der Waals surface area contributed by atoms with Crippen molar-refractivity contribution >= 4 is 34.1 Å². The number of anilines is 2. The first-order valence-electron chi connectivity index (χ1n) is 12.0. The van der Waals surface area contributed by atoms with E-state index in [0.29, 0.717) is 12.3 Å². The van der Waals surface area contributed by atoms with Crippen molar-refractivity contribution < 1.29 is 22.0 Å². The Morgan fingerprint density at radius 2 is 1.76 bits per heavy atom. The van der Waals surface area contributed by atoms with E-state index in [2.05, 4.69) is 37.1 Å². The number of pyridine rings is 1. The third kappa shape index (κ3) is 5.70. The molecule has 0 bridgehead atoms. The largest absolute Gasteiger partial charge is 0.417 e. The fraction of sp³-hybridized carbons (Fsp3) is 0.107. The molecule has 8 nitrogen and oxygen atoms in total. The highest BCUT2D eigenvalue weighted by molar-refractivity contribution is 6.35. The van der Waals surface area contributed by atoms with E-state index in [9.17, 15) is 26.7 Å². The second-order valence-corrected chi connectivity index (χ2v) is 9.31. The van der Waals surface area contributed by atoms with Gasteiger partial charge >= 0.3 is 6.18 Å². The molecule has 0 saturated carbocycles. The van der Waals surface area contributed by atoms with E-state index in [4.69, 9.17) is 17.3 Å². The van der Waals surface area contributed by atoms with E-state index in [0.717, 1.165) is 35.2 Å². The van der Waals surface area contributed by atoms with Gasteiger partial charge in [-0.15, -0.1) is 0 Å². The lowest BCUT2D eigenvalue weighted by Crippen LogP contribution is -2.28. The first kappa shape index (κ1) is 28.4. The molecule has 5 aromatic rings. The number of benzene rings is 2. The molecule has 0 aliphatic rings. The van der Waals surface area contributed by atoms with Crippen molar-refractivity contribution in [3.05, 3.63) is 111 Å². The van der Waals surface area contributed by atoms with E-state index >= 15 is 0 Å². The minimum atomic E-state index is -4.55. The summed E-state index contributed by atoms with van der Waals surface area (Å²) in [6, 6.07) is 8.35. The quantitative estimate of drug-likeness (QED) is 0.203. The van der Waals surface area contributed by atoms with Gasteiger partial charge in [-0.1, -0.05) is 23.6 Å². The van der Waals surface area contributed by atoms with Crippen LogP contribution in [0.15, 0.2) is 65.8 Å². The summed E-state index contributed by atoms with van der Waals surface area (Å²) >= 11 is 6.28. The van der Waals surface area contributed by atoms with E-state index < -0.39 is 35.0 Å². The third-order valence-electron chi connectivity index (χ3n) is 6.00. The molecule has 0 spiro atoms. The van der Waals surface area contributed by atoms with Crippen LogP contribution in [-0.4, -0.2) is 24.5 Å². The summed E-state index contributed by atoms with van der Waals surface area (Å²) in [4.78, 5) is 30.0. The molecule has 1 unspecified atom stereocenters. The molecule has 2 aromatic carbocycles. The Balaban J connectivity index is 1.59. The number of nitrogen functional groups attached to an aromatic ring is 1. The Labute approximate surface area is 239 Å². The van der Waals surface area contributed by atoms with Gasteiger partial charge in [0.25, 0.3) is 5.56 Å². The summed E-state index contributed by atoms with van der Waals surface area (Å²) < 4.78 is 68.0. The average Bonchev–Trinajstić information content (AvgIpc) is 2.91. The van der Waals surface area contributed by atoms with E-state index in [-0.39, 0.29) is 50.3 Å². The van der Waals surface area contributed by atoms with Gasteiger partial charge < -0.3 is 11.1 Å². The topological polar surface area (TPSA) is 112 Å². The van der Waals surface area contributed by atoms with Crippen molar-refractivity contribution in [2.75, 3.05) is 11.1 Å². The maximum atomic E-state index is 14.2. The minimum absolute atomic E-state index is 0.0281. The summed E-state index contributed by atoms with van der Waals surface area (Å²) in [6.45, 7) is 1.61. The van der Waals surface area contributed by atoms with E-state index in [1.54, 1.807) is 19.1 Å². The van der Waals surface area contributed by atoms with Crippen LogP contribution >= 0.6 is 11.6 Å². The molecule has 0 radical (unpaired) electrons. The monoisotopic (exact) mass is 597 g/mol. The van der Waals surface area contributed by atoms with Gasteiger partial charge in [-0.2, -0.15) is 13.2 Å². The highest BCUT2D eigenvalue weighted by atomic mass is 35.5. The zero-order chi connectivity index (χ0) is 30.2. The summed E-state index contributed by atoms with van der Waals surface area (Å²) in [7, 11) is 0. The fourth-order valence-electron chi connectivity index (χ4n) is 4.08. The Hall–Kier alpha value is -5.09. The van der Waals surface area contributed by atoms with Crippen molar-refractivity contribution in [1.82, 2.24) is 24.5 Å². The maximum Gasteiger partial charge on any atom is 0.417 e. The molecule has 3 N–H and O–H groups in total. The standard InChI is InChI=1S/C28H17ClF5N7O/c1-14(39-25-20(24(35)37-13-38-25)8-7-18-6-5-15(12-36-18)28(32,33)34)26-40-22-4-2-3-21(29)23(22)27(42)41(26)19-10-16(30)9-17(31)11-19/h2-6,9-14H,1H3,(H3,35,37,38,39). The summed E-state index contributed by atoms with van der Waals surface area (Å²) in [6.07, 6.45) is -2.75. The average molecular weight is 598 g/mol. The number of rotatable bonds is 4. The predicted molar refractivity (Wildman–Crippen MR) is 146 cm³/mol. The lowest BCUT2D eigenvalue weighted by molar-refractivity contribution is -0.137. The summed E-state index contributed by atoms with van der Waals surface area (Å²) in [5, 5.41) is 3.17. The Bertz CT molecular complexity index is 1930. The number of aromatic nitrogens is 5. The van der Waals surface area contributed by atoms with Crippen molar-refractivity contribution in [1.29, 1.82) is 0 Å². The zero-order valence-corrected chi connectivity index (χ0v) is 22.1. The molecule has 0 aliphatic carbocycles. The van der Waals surface area contributed by atoms with Crippen LogP contribution < -0.4 is 16.6 Å². The molecule has 212 valence electrons. The fourth-order valence-corrected chi connectivity index (χ4v) is 4.33. The predicted octanol–water partition coefficient (Wildman–Crippen LogP) is 5.68. The van der Waals surface area contributed by atoms with Gasteiger partial charge in [0.05, 0.1) is 33.2 Å². The molecule has 0 amide bonds. The van der Waals surface area contributed by atoms with Crippen LogP contribution in [0.1, 0.15) is 35.6 Å². The highest BCUT2D eigenvalue weighted by Gasteiger charge is 2.30. The molecule has 1 atom stereocenters. The molecule has 0 aliphatic heterocycles. The lowest BCUT2D eigenvalue weighted by Gasteiger charge is -2.21. The highest BCUT2D eigenvalue weighted by Crippen LogP contribution is 2.29. The molecule has 3 heterocycles. The van der Waals surface area contributed by atoms with Crippen LogP contribution in [0.5, 0.6) is 0 Å². The summed E-state index contributed by atoms with van der Waals surface area (Å²) in [5.41, 5.74) is 4.63. The van der Waals surface area contributed by atoms with E-state index in [1.807, 2.05) is 0 Å². The number of nitrogens with two attached hydrogens (primary N) is 1. The van der Waals surface area contributed by atoms with Gasteiger partial charge in [0, 0.05) is 12.3 Å². The Morgan fingerprint density at radius 1 is 1.02 bits per heavy atom. The van der Waals surface area contributed by atoms with Crippen molar-refractivity contribution in [2.45, 2.75) is 19.1 Å². The molecule has 0 saturated heterocycles. The van der Waals surface area contributed by atoms with Crippen LogP contribution in [-0.2, 0) is 6.18 Å². The third-order valence-corrected chi connectivity index (χ3v) is 6.32. The molecule has 14 heteroatoms. The van der Waals surface area contributed by atoms with Gasteiger partial charge in [0.1, 0.15) is 46.7 Å². The zero-order valence-electron chi connectivity index (χ0n) is 21.3. The van der Waals surface area contributed by atoms with Crippen molar-refractivity contribution in [2.24, 2.45) is 0 Å². The first-order chi connectivity index (χ1) is 19.9. The summed E-state index contributed by atoms with van der Waals surface area (Å²) in [5.74, 6) is 3.58. The number of halogens is 6. The van der Waals surface area contributed by atoms with Crippen molar-refractivity contribution in [3.63, 3.8) is 0 Å². The number of alkyl halides is 3. The van der Waals surface area contributed by atoms with Crippen LogP contribution in [0.3, 0.4) is 0 Å². The number of nitrogens with one attached hydrogen (secondary N) is 1. The van der Waals surface area contributed by atoms with Gasteiger partial charge in [-0.25, -0.2) is 28.7 Å². The second-order valence-electron chi connectivity index (χ2n) is 8.90. The number of hydrogen-bond donors (Lipinski definition) is 2. The SMILES string of the molecule is CC(Nc1ncnc(N)c1C#Cc1ccc(C(F)(F)F)cn1)c1nc2cccc(Cl)c2c(=O)n1-c1cc(F)cc(F)c1. The van der Waals surface area contributed by atoms with Crippen molar-refractivity contribution in [3.8, 4) is 17.5 Å². The van der Waals surface area contributed by atoms with Gasteiger partial charge in [-0.3, -0.25) is 9.36 Å². The van der Waals surface area contributed by atoms with Crippen LogP contribution in [0, 0.1) is 23.5 Å².